The number of aromatic nitrogens is 2. The van der Waals surface area contributed by atoms with Crippen molar-refractivity contribution in [3.63, 3.8) is 0 Å². The van der Waals surface area contributed by atoms with E-state index in [4.69, 9.17) is 15.6 Å². The van der Waals surface area contributed by atoms with Gasteiger partial charge in [0.15, 0.2) is 0 Å². The van der Waals surface area contributed by atoms with Crippen LogP contribution in [-0.4, -0.2) is 47.2 Å². The lowest BCUT2D eigenvalue weighted by atomic mass is 10.3. The number of amides is 1. The van der Waals surface area contributed by atoms with Crippen LogP contribution < -0.4 is 11.1 Å². The summed E-state index contributed by atoms with van der Waals surface area (Å²) >= 11 is 0. The quantitative estimate of drug-likeness (QED) is 0.550. The molecule has 0 atom stereocenters. The van der Waals surface area contributed by atoms with Gasteiger partial charge in [0.25, 0.3) is 5.91 Å². The topological polar surface area (TPSA) is 102 Å². The fourth-order valence-corrected chi connectivity index (χ4v) is 1.51. The number of anilines is 1. The molecule has 0 aliphatic carbocycles. The second-order valence-electron chi connectivity index (χ2n) is 3.71. The lowest BCUT2D eigenvalue weighted by Gasteiger charge is -2.07. The summed E-state index contributed by atoms with van der Waals surface area (Å²) < 4.78 is 6.64. The molecule has 4 N–H and O–H groups in total. The van der Waals surface area contributed by atoms with Crippen molar-refractivity contribution in [3.8, 4) is 0 Å². The number of carbonyl (C=O) groups is 1. The number of nitrogens with one attached hydrogen (secondary N) is 1. The van der Waals surface area contributed by atoms with E-state index in [2.05, 4.69) is 10.4 Å². The first kappa shape index (κ1) is 14.5. The van der Waals surface area contributed by atoms with Gasteiger partial charge in [-0.2, -0.15) is 5.10 Å². The molecule has 1 aromatic heterocycles. The number of nitrogens with two attached hydrogens (primary N) is 1. The second-order valence-corrected chi connectivity index (χ2v) is 3.71. The highest BCUT2D eigenvalue weighted by molar-refractivity contribution is 5.97. The SMILES string of the molecule is CCn1ncc(N)c1C(=O)NCCCOCCO. The number of aryl methyl sites for hydroxylation is 1. The van der Waals surface area contributed by atoms with Crippen molar-refractivity contribution in [1.82, 2.24) is 15.1 Å². The minimum atomic E-state index is -0.228. The van der Waals surface area contributed by atoms with Gasteiger partial charge in [-0.15, -0.1) is 0 Å². The second kappa shape index (κ2) is 7.67. The molecule has 0 saturated carbocycles. The van der Waals surface area contributed by atoms with Crippen LogP contribution in [0.3, 0.4) is 0 Å². The van der Waals surface area contributed by atoms with E-state index in [9.17, 15) is 4.79 Å². The van der Waals surface area contributed by atoms with Crippen LogP contribution in [0.25, 0.3) is 0 Å². The van der Waals surface area contributed by atoms with E-state index in [1.54, 1.807) is 4.68 Å². The van der Waals surface area contributed by atoms with Gasteiger partial charge in [-0.25, -0.2) is 0 Å². The Morgan fingerprint density at radius 1 is 1.61 bits per heavy atom. The first-order chi connectivity index (χ1) is 8.70. The molecule has 7 heteroatoms. The monoisotopic (exact) mass is 256 g/mol. The number of aliphatic hydroxyl groups excluding tert-OH is 1. The number of carbonyl (C=O) groups excluding carboxylic acids is 1. The van der Waals surface area contributed by atoms with Crippen LogP contribution >= 0.6 is 0 Å². The molecule has 0 spiro atoms. The van der Waals surface area contributed by atoms with Crippen molar-refractivity contribution in [1.29, 1.82) is 0 Å². The molecule has 1 rings (SSSR count). The predicted octanol–water partition coefficient (Wildman–Crippen LogP) is -0.386. The van der Waals surface area contributed by atoms with Crippen LogP contribution in [0.5, 0.6) is 0 Å². The van der Waals surface area contributed by atoms with Gasteiger partial charge >= 0.3 is 0 Å². The number of hydrogen-bond acceptors (Lipinski definition) is 5. The molecule has 0 aliphatic heterocycles. The molecule has 0 radical (unpaired) electrons. The van der Waals surface area contributed by atoms with Gasteiger partial charge < -0.3 is 20.9 Å². The lowest BCUT2D eigenvalue weighted by Crippen LogP contribution is -2.28. The molecule has 0 aliphatic rings. The molecule has 0 bridgehead atoms. The molecule has 102 valence electrons. The van der Waals surface area contributed by atoms with Crippen LogP contribution in [0.2, 0.25) is 0 Å². The van der Waals surface area contributed by atoms with Crippen molar-refractivity contribution in [3.05, 3.63) is 11.9 Å². The molecule has 1 aromatic rings. The van der Waals surface area contributed by atoms with Crippen LogP contribution in [0.1, 0.15) is 23.8 Å². The van der Waals surface area contributed by atoms with E-state index in [0.717, 1.165) is 0 Å². The Balaban J connectivity index is 2.34. The molecule has 0 unspecified atom stereocenters. The Morgan fingerprint density at radius 3 is 3.06 bits per heavy atom. The first-order valence-electron chi connectivity index (χ1n) is 5.98. The highest BCUT2D eigenvalue weighted by atomic mass is 16.5. The third-order valence-corrected chi connectivity index (χ3v) is 2.37. The summed E-state index contributed by atoms with van der Waals surface area (Å²) in [4.78, 5) is 11.9. The maximum atomic E-state index is 11.9. The van der Waals surface area contributed by atoms with E-state index in [0.29, 0.717) is 44.1 Å². The Labute approximate surface area is 106 Å². The van der Waals surface area contributed by atoms with Crippen molar-refractivity contribution in [2.24, 2.45) is 0 Å². The molecule has 0 fully saturated rings. The van der Waals surface area contributed by atoms with E-state index in [1.165, 1.54) is 6.20 Å². The fourth-order valence-electron chi connectivity index (χ4n) is 1.51. The Morgan fingerprint density at radius 2 is 2.39 bits per heavy atom. The summed E-state index contributed by atoms with van der Waals surface area (Å²) in [6.45, 7) is 3.83. The van der Waals surface area contributed by atoms with Crippen LogP contribution in [0.15, 0.2) is 6.20 Å². The largest absolute Gasteiger partial charge is 0.396 e. The summed E-state index contributed by atoms with van der Waals surface area (Å²) in [5.74, 6) is -0.228. The van der Waals surface area contributed by atoms with Gasteiger partial charge in [-0.3, -0.25) is 9.48 Å². The Bertz CT molecular complexity index is 378. The van der Waals surface area contributed by atoms with E-state index in [-0.39, 0.29) is 12.5 Å². The van der Waals surface area contributed by atoms with Gasteiger partial charge in [-0.05, 0) is 13.3 Å². The summed E-state index contributed by atoms with van der Waals surface area (Å²) in [7, 11) is 0. The van der Waals surface area contributed by atoms with Crippen LogP contribution in [-0.2, 0) is 11.3 Å². The average Bonchev–Trinajstić information content (AvgIpc) is 2.74. The van der Waals surface area contributed by atoms with Crippen LogP contribution in [0.4, 0.5) is 5.69 Å². The zero-order valence-corrected chi connectivity index (χ0v) is 10.6. The highest BCUT2D eigenvalue weighted by Gasteiger charge is 2.15. The summed E-state index contributed by atoms with van der Waals surface area (Å²) in [5, 5.41) is 15.3. The van der Waals surface area contributed by atoms with Crippen molar-refractivity contribution < 1.29 is 14.6 Å². The molecule has 1 amide bonds. The minimum Gasteiger partial charge on any atom is -0.396 e. The zero-order valence-electron chi connectivity index (χ0n) is 10.6. The summed E-state index contributed by atoms with van der Waals surface area (Å²) in [6.07, 6.45) is 2.16. The predicted molar refractivity (Wildman–Crippen MR) is 67.2 cm³/mol. The van der Waals surface area contributed by atoms with Gasteiger partial charge in [0.05, 0.1) is 25.1 Å². The maximum Gasteiger partial charge on any atom is 0.271 e. The average molecular weight is 256 g/mol. The molecule has 18 heavy (non-hydrogen) atoms. The van der Waals surface area contributed by atoms with E-state index in [1.807, 2.05) is 6.92 Å². The lowest BCUT2D eigenvalue weighted by molar-refractivity contribution is 0.0864. The summed E-state index contributed by atoms with van der Waals surface area (Å²) in [6, 6.07) is 0. The standard InChI is InChI=1S/C11H20N4O3/c1-2-15-10(9(12)8-14-15)11(17)13-4-3-6-18-7-5-16/h8,16H,2-7,12H2,1H3,(H,13,17). The number of aliphatic hydroxyl groups is 1. The van der Waals surface area contributed by atoms with Crippen LogP contribution in [0, 0.1) is 0 Å². The molecular weight excluding hydrogens is 236 g/mol. The third-order valence-electron chi connectivity index (χ3n) is 2.37. The van der Waals surface area contributed by atoms with Gasteiger partial charge in [0.2, 0.25) is 0 Å². The summed E-state index contributed by atoms with van der Waals surface area (Å²) in [5.41, 5.74) is 6.47. The van der Waals surface area contributed by atoms with Crippen molar-refractivity contribution in [2.45, 2.75) is 19.9 Å². The van der Waals surface area contributed by atoms with E-state index < -0.39 is 0 Å². The minimum absolute atomic E-state index is 0.0125. The maximum absolute atomic E-state index is 11.9. The smallest absolute Gasteiger partial charge is 0.271 e. The third kappa shape index (κ3) is 4.01. The number of hydrogen-bond donors (Lipinski definition) is 3. The first-order valence-corrected chi connectivity index (χ1v) is 5.98. The highest BCUT2D eigenvalue weighted by Crippen LogP contribution is 2.10. The fraction of sp³-hybridized carbons (Fsp3) is 0.636. The number of nitrogens with zero attached hydrogens (tertiary/aromatic N) is 2. The molecule has 0 saturated heterocycles. The number of ether oxygens (including phenoxy) is 1. The zero-order chi connectivity index (χ0) is 13.4. The normalized spacial score (nSPS) is 10.6. The van der Waals surface area contributed by atoms with E-state index >= 15 is 0 Å². The van der Waals surface area contributed by atoms with Gasteiger partial charge in [0, 0.05) is 19.7 Å². The Kier molecular flexibility index (Phi) is 6.16. The van der Waals surface area contributed by atoms with Crippen molar-refractivity contribution in [2.75, 3.05) is 32.1 Å². The van der Waals surface area contributed by atoms with Crippen molar-refractivity contribution >= 4 is 11.6 Å². The van der Waals surface area contributed by atoms with Gasteiger partial charge in [0.1, 0.15) is 5.69 Å². The number of nitrogen functional groups attached to an aromatic ring is 1. The molecule has 0 aromatic carbocycles. The molecular formula is C11H20N4O3. The Hall–Kier alpha value is -1.60. The van der Waals surface area contributed by atoms with Gasteiger partial charge in [-0.1, -0.05) is 0 Å². The molecule has 7 nitrogen and oxygen atoms in total. The number of rotatable bonds is 8. The molecule has 1 heterocycles.